The van der Waals surface area contributed by atoms with Crippen LogP contribution in [0.1, 0.15) is 41.9 Å². The number of carbonyl (C=O) groups excluding carboxylic acids is 1. The number of benzene rings is 1. The van der Waals surface area contributed by atoms with Gasteiger partial charge in [-0.1, -0.05) is 0 Å². The number of rotatable bonds is 7. The maximum atomic E-state index is 13.0. The summed E-state index contributed by atoms with van der Waals surface area (Å²) in [4.78, 5) is 13.0. The molecule has 1 aliphatic rings. The number of hydrogen-bond donors (Lipinski definition) is 2. The maximum Gasteiger partial charge on any atom is 0.270 e. The van der Waals surface area contributed by atoms with Gasteiger partial charge in [-0.3, -0.25) is 14.2 Å². The molecule has 2 heterocycles. The smallest absolute Gasteiger partial charge is 0.270 e. The molecule has 28 heavy (non-hydrogen) atoms. The highest BCUT2D eigenvalue weighted by Crippen LogP contribution is 2.35. The van der Waals surface area contributed by atoms with E-state index in [2.05, 4.69) is 15.5 Å². The minimum absolute atomic E-state index is 0.0679. The normalized spacial score (nSPS) is 15.4. The number of fused-ring (bicyclic) bond motifs is 1. The molecule has 148 valence electrons. The minimum Gasteiger partial charge on any atom is -0.487 e. The standard InChI is InChI=1S/C20H25N5O3/c1-24-14(6-10-21-24)13-28-15-4-5-17-16(12-15)18(25(2)23-17)19(27)22-20(9-11-26)7-3-8-20/h4-6,10,12,26H,3,7-9,11,13H2,1-2H3,(H,22,27). The molecule has 3 aromatic rings. The second kappa shape index (κ2) is 7.27. The molecule has 0 radical (unpaired) electrons. The summed E-state index contributed by atoms with van der Waals surface area (Å²) in [5.74, 6) is 0.506. The average Bonchev–Trinajstić information content (AvgIpc) is 3.19. The van der Waals surface area contributed by atoms with Gasteiger partial charge in [-0.05, 0) is 49.9 Å². The Morgan fingerprint density at radius 3 is 2.75 bits per heavy atom. The molecule has 8 heteroatoms. The van der Waals surface area contributed by atoms with Gasteiger partial charge < -0.3 is 15.2 Å². The van der Waals surface area contributed by atoms with Crippen molar-refractivity contribution in [3.8, 4) is 5.75 Å². The number of hydrogen-bond acceptors (Lipinski definition) is 5. The van der Waals surface area contributed by atoms with Crippen molar-refractivity contribution in [2.24, 2.45) is 14.1 Å². The maximum absolute atomic E-state index is 13.0. The lowest BCUT2D eigenvalue weighted by molar-refractivity contribution is 0.0764. The Morgan fingerprint density at radius 1 is 1.29 bits per heavy atom. The number of aliphatic hydroxyl groups excluding tert-OH is 1. The Labute approximate surface area is 163 Å². The molecule has 0 atom stereocenters. The van der Waals surface area contributed by atoms with Gasteiger partial charge in [0.2, 0.25) is 0 Å². The van der Waals surface area contributed by atoms with E-state index in [4.69, 9.17) is 4.74 Å². The Bertz CT molecular complexity index is 1000. The fourth-order valence-corrected chi connectivity index (χ4v) is 3.79. The van der Waals surface area contributed by atoms with Gasteiger partial charge in [-0.25, -0.2) is 0 Å². The van der Waals surface area contributed by atoms with Crippen LogP contribution in [0.5, 0.6) is 5.75 Å². The minimum atomic E-state index is -0.296. The van der Waals surface area contributed by atoms with Crippen molar-refractivity contribution >= 4 is 16.8 Å². The Balaban J connectivity index is 1.58. The molecule has 8 nitrogen and oxygen atoms in total. The first-order valence-corrected chi connectivity index (χ1v) is 9.51. The van der Waals surface area contributed by atoms with Gasteiger partial charge in [0.25, 0.3) is 5.91 Å². The fraction of sp³-hybridized carbons (Fsp3) is 0.450. The van der Waals surface area contributed by atoms with Crippen molar-refractivity contribution in [1.82, 2.24) is 24.9 Å². The number of aryl methyl sites for hydroxylation is 2. The third-order valence-electron chi connectivity index (χ3n) is 5.61. The fourth-order valence-electron chi connectivity index (χ4n) is 3.79. The quantitative estimate of drug-likeness (QED) is 0.650. The van der Waals surface area contributed by atoms with E-state index in [9.17, 15) is 9.90 Å². The molecule has 1 fully saturated rings. The molecule has 1 amide bonds. The molecular weight excluding hydrogens is 358 g/mol. The molecule has 0 unspecified atom stereocenters. The van der Waals surface area contributed by atoms with Crippen LogP contribution in [0.4, 0.5) is 0 Å². The Kier molecular flexibility index (Phi) is 4.80. The van der Waals surface area contributed by atoms with Gasteiger partial charge in [0.05, 0.1) is 11.2 Å². The average molecular weight is 383 g/mol. The molecule has 4 rings (SSSR count). The van der Waals surface area contributed by atoms with E-state index in [1.54, 1.807) is 22.6 Å². The van der Waals surface area contributed by atoms with Crippen molar-refractivity contribution < 1.29 is 14.6 Å². The van der Waals surface area contributed by atoms with Crippen LogP contribution in [0.2, 0.25) is 0 Å². The van der Waals surface area contributed by atoms with Crippen LogP contribution in [-0.2, 0) is 20.7 Å². The van der Waals surface area contributed by atoms with Gasteiger partial charge in [-0.15, -0.1) is 0 Å². The summed E-state index contributed by atoms with van der Waals surface area (Å²) in [6.45, 7) is 0.460. The first-order chi connectivity index (χ1) is 13.5. The van der Waals surface area contributed by atoms with Gasteiger partial charge in [0.1, 0.15) is 18.1 Å². The van der Waals surface area contributed by atoms with Crippen molar-refractivity contribution in [3.05, 3.63) is 41.9 Å². The molecule has 1 saturated carbocycles. The summed E-state index contributed by atoms with van der Waals surface area (Å²) >= 11 is 0. The van der Waals surface area contributed by atoms with Crippen molar-refractivity contribution in [3.63, 3.8) is 0 Å². The second-order valence-corrected chi connectivity index (χ2v) is 7.45. The third kappa shape index (κ3) is 3.35. The SMILES string of the molecule is Cn1nccc1COc1ccc2nn(C)c(C(=O)NC3(CCO)CCC3)c2c1. The first kappa shape index (κ1) is 18.5. The summed E-state index contributed by atoms with van der Waals surface area (Å²) in [5.41, 5.74) is 1.91. The van der Waals surface area contributed by atoms with Crippen LogP contribution >= 0.6 is 0 Å². The van der Waals surface area contributed by atoms with Crippen molar-refractivity contribution in [2.75, 3.05) is 6.61 Å². The molecule has 0 spiro atoms. The Hall–Kier alpha value is -2.87. The number of amides is 1. The zero-order valence-corrected chi connectivity index (χ0v) is 16.2. The highest BCUT2D eigenvalue weighted by Gasteiger charge is 2.38. The predicted octanol–water partition coefficient (Wildman–Crippen LogP) is 1.92. The molecule has 2 N–H and O–H groups in total. The summed E-state index contributed by atoms with van der Waals surface area (Å²) in [7, 11) is 3.64. The zero-order chi connectivity index (χ0) is 19.7. The van der Waals surface area contributed by atoms with E-state index >= 15 is 0 Å². The predicted molar refractivity (Wildman–Crippen MR) is 104 cm³/mol. The molecule has 0 aliphatic heterocycles. The first-order valence-electron chi connectivity index (χ1n) is 9.51. The van der Waals surface area contributed by atoms with Crippen LogP contribution < -0.4 is 10.1 Å². The number of aliphatic hydroxyl groups is 1. The van der Waals surface area contributed by atoms with E-state index in [0.717, 1.165) is 35.9 Å². The molecule has 1 aliphatic carbocycles. The van der Waals surface area contributed by atoms with Crippen LogP contribution in [0.3, 0.4) is 0 Å². The van der Waals surface area contributed by atoms with Crippen LogP contribution in [0, 0.1) is 0 Å². The summed E-state index contributed by atoms with van der Waals surface area (Å²) < 4.78 is 9.26. The van der Waals surface area contributed by atoms with Crippen LogP contribution in [0.25, 0.3) is 10.9 Å². The lowest BCUT2D eigenvalue weighted by Crippen LogP contribution is -2.54. The van der Waals surface area contributed by atoms with E-state index < -0.39 is 0 Å². The highest BCUT2D eigenvalue weighted by molar-refractivity contribution is 6.05. The number of nitrogens with zero attached hydrogens (tertiary/aromatic N) is 4. The monoisotopic (exact) mass is 383 g/mol. The number of ether oxygens (including phenoxy) is 1. The molecule has 2 aromatic heterocycles. The van der Waals surface area contributed by atoms with E-state index in [1.165, 1.54) is 0 Å². The van der Waals surface area contributed by atoms with E-state index in [0.29, 0.717) is 24.5 Å². The van der Waals surface area contributed by atoms with Gasteiger partial charge in [0, 0.05) is 37.8 Å². The second-order valence-electron chi connectivity index (χ2n) is 7.45. The molecule has 0 saturated heterocycles. The van der Waals surface area contributed by atoms with Crippen molar-refractivity contribution in [2.45, 2.75) is 37.8 Å². The summed E-state index contributed by atoms with van der Waals surface area (Å²) in [5, 5.41) is 21.8. The third-order valence-corrected chi connectivity index (χ3v) is 5.61. The zero-order valence-electron chi connectivity index (χ0n) is 16.2. The topological polar surface area (TPSA) is 94.2 Å². The van der Waals surface area contributed by atoms with E-state index in [1.807, 2.05) is 31.3 Å². The summed E-state index contributed by atoms with van der Waals surface area (Å²) in [6.07, 6.45) is 5.17. The molecular formula is C20H25N5O3. The van der Waals surface area contributed by atoms with Gasteiger partial charge >= 0.3 is 0 Å². The summed E-state index contributed by atoms with van der Waals surface area (Å²) in [6, 6.07) is 7.47. The van der Waals surface area contributed by atoms with Crippen LogP contribution in [0.15, 0.2) is 30.5 Å². The lowest BCUT2D eigenvalue weighted by atomic mass is 9.74. The number of carbonyl (C=O) groups is 1. The highest BCUT2D eigenvalue weighted by atomic mass is 16.5. The van der Waals surface area contributed by atoms with Crippen LogP contribution in [-0.4, -0.2) is 42.7 Å². The molecule has 1 aromatic carbocycles. The largest absolute Gasteiger partial charge is 0.487 e. The lowest BCUT2D eigenvalue weighted by Gasteiger charge is -2.42. The van der Waals surface area contributed by atoms with Crippen molar-refractivity contribution in [1.29, 1.82) is 0 Å². The van der Waals surface area contributed by atoms with Gasteiger partial charge in [0.15, 0.2) is 0 Å². The number of nitrogens with one attached hydrogen (secondary N) is 1. The van der Waals surface area contributed by atoms with Gasteiger partial charge in [-0.2, -0.15) is 10.2 Å². The van der Waals surface area contributed by atoms with E-state index in [-0.39, 0.29) is 18.1 Å². The number of aromatic nitrogens is 4. The molecule has 0 bridgehead atoms. The Morgan fingerprint density at radius 2 is 2.11 bits per heavy atom.